The summed E-state index contributed by atoms with van der Waals surface area (Å²) < 4.78 is 5.14. The van der Waals surface area contributed by atoms with Crippen molar-refractivity contribution in [2.45, 2.75) is 39.0 Å². The second-order valence-electron chi connectivity index (χ2n) is 6.69. The van der Waals surface area contributed by atoms with Crippen LogP contribution in [0.4, 0.5) is 5.69 Å². The maximum absolute atomic E-state index is 12.4. The highest BCUT2D eigenvalue weighted by Gasteiger charge is 2.12. The third-order valence-electron chi connectivity index (χ3n) is 4.61. The number of fused-ring (bicyclic) bond motifs is 1. The van der Waals surface area contributed by atoms with E-state index >= 15 is 0 Å². The van der Waals surface area contributed by atoms with E-state index in [9.17, 15) is 9.59 Å². The second kappa shape index (κ2) is 8.04. The molecule has 2 aromatic rings. The lowest BCUT2D eigenvalue weighted by Gasteiger charge is -2.16. The Hall–Kier alpha value is -2.82. The van der Waals surface area contributed by atoms with E-state index in [1.165, 1.54) is 24.0 Å². The van der Waals surface area contributed by atoms with Crippen LogP contribution in [-0.4, -0.2) is 23.6 Å². The summed E-state index contributed by atoms with van der Waals surface area (Å²) in [6.07, 6.45) is 5.04. The Labute approximate surface area is 153 Å². The minimum Gasteiger partial charge on any atom is -0.482 e. The Morgan fingerprint density at radius 2 is 1.85 bits per heavy atom. The fraction of sp³-hybridized carbons (Fsp3) is 0.333. The van der Waals surface area contributed by atoms with Crippen LogP contribution in [0, 0.1) is 6.92 Å². The van der Waals surface area contributed by atoms with E-state index in [0.717, 1.165) is 24.0 Å². The van der Waals surface area contributed by atoms with E-state index in [0.29, 0.717) is 17.9 Å². The Morgan fingerprint density at radius 1 is 1.08 bits per heavy atom. The minimum absolute atomic E-state index is 0.0666. The Kier molecular flexibility index (Phi) is 5.56. The first kappa shape index (κ1) is 18.0. The van der Waals surface area contributed by atoms with Gasteiger partial charge in [-0.15, -0.1) is 0 Å². The van der Waals surface area contributed by atoms with Gasteiger partial charge in [0.05, 0.1) is 6.42 Å². The van der Waals surface area contributed by atoms with Crippen molar-refractivity contribution in [3.8, 4) is 5.75 Å². The molecule has 5 heteroatoms. The molecule has 0 unspecified atom stereocenters. The fourth-order valence-corrected chi connectivity index (χ4v) is 3.29. The van der Waals surface area contributed by atoms with Crippen LogP contribution in [0.1, 0.15) is 35.1 Å². The van der Waals surface area contributed by atoms with Crippen molar-refractivity contribution < 1.29 is 19.4 Å². The molecular weight excluding hydrogens is 330 g/mol. The minimum atomic E-state index is -1.02. The molecule has 0 radical (unpaired) electrons. The van der Waals surface area contributed by atoms with Gasteiger partial charge in [0.15, 0.2) is 6.61 Å². The fourth-order valence-electron chi connectivity index (χ4n) is 3.29. The van der Waals surface area contributed by atoms with Crippen LogP contribution in [0.25, 0.3) is 0 Å². The van der Waals surface area contributed by atoms with Gasteiger partial charge in [-0.2, -0.15) is 0 Å². The normalized spacial score (nSPS) is 13.0. The molecule has 0 fully saturated rings. The lowest BCUT2D eigenvalue weighted by Crippen LogP contribution is -2.16. The number of carbonyl (C=O) groups is 2. The van der Waals surface area contributed by atoms with Gasteiger partial charge in [-0.05, 0) is 73.1 Å². The molecule has 0 aromatic heterocycles. The molecule has 2 aromatic carbocycles. The van der Waals surface area contributed by atoms with Gasteiger partial charge < -0.3 is 15.2 Å². The lowest BCUT2D eigenvalue weighted by atomic mass is 9.90. The number of carboxylic acids is 1. The number of benzene rings is 2. The van der Waals surface area contributed by atoms with Gasteiger partial charge in [-0.25, -0.2) is 4.79 Å². The average Bonchev–Trinajstić information content (AvgIpc) is 2.62. The van der Waals surface area contributed by atoms with Crippen molar-refractivity contribution in [2.24, 2.45) is 0 Å². The van der Waals surface area contributed by atoms with Crippen LogP contribution >= 0.6 is 0 Å². The number of rotatable bonds is 6. The highest BCUT2D eigenvalue weighted by molar-refractivity contribution is 5.93. The summed E-state index contributed by atoms with van der Waals surface area (Å²) >= 11 is 0. The van der Waals surface area contributed by atoms with E-state index < -0.39 is 5.97 Å². The molecule has 0 spiro atoms. The first-order valence-electron chi connectivity index (χ1n) is 8.87. The van der Waals surface area contributed by atoms with E-state index in [2.05, 4.69) is 17.4 Å². The molecule has 0 saturated carbocycles. The molecule has 1 amide bonds. The van der Waals surface area contributed by atoms with Crippen LogP contribution in [0.2, 0.25) is 0 Å². The predicted molar refractivity (Wildman–Crippen MR) is 99.7 cm³/mol. The maximum Gasteiger partial charge on any atom is 0.341 e. The number of amides is 1. The smallest absolute Gasteiger partial charge is 0.341 e. The number of ether oxygens (including phenoxy) is 1. The standard InChI is InChI=1S/C21H23NO4/c1-14-10-18(26-13-21(24)25)8-9-19(14)22-20(23)12-15-6-7-16-4-2-3-5-17(16)11-15/h6-11H,2-5,12-13H2,1H3,(H,22,23)(H,24,25). The monoisotopic (exact) mass is 353 g/mol. The maximum atomic E-state index is 12.4. The lowest BCUT2D eigenvalue weighted by molar-refractivity contribution is -0.139. The van der Waals surface area contributed by atoms with Gasteiger partial charge in [0.2, 0.25) is 5.91 Å². The summed E-state index contributed by atoms with van der Waals surface area (Å²) in [6.45, 7) is 1.46. The largest absolute Gasteiger partial charge is 0.482 e. The number of anilines is 1. The third kappa shape index (κ3) is 4.63. The Morgan fingerprint density at radius 3 is 2.58 bits per heavy atom. The van der Waals surface area contributed by atoms with Crippen LogP contribution in [-0.2, 0) is 28.9 Å². The van der Waals surface area contributed by atoms with Crippen molar-refractivity contribution in [1.82, 2.24) is 0 Å². The van der Waals surface area contributed by atoms with Crippen LogP contribution < -0.4 is 10.1 Å². The zero-order valence-electron chi connectivity index (χ0n) is 14.9. The van der Waals surface area contributed by atoms with Crippen molar-refractivity contribution in [1.29, 1.82) is 0 Å². The predicted octanol–water partition coefficient (Wildman–Crippen LogP) is 3.52. The van der Waals surface area contributed by atoms with Crippen LogP contribution in [0.15, 0.2) is 36.4 Å². The van der Waals surface area contributed by atoms with E-state index in [-0.39, 0.29) is 12.5 Å². The molecule has 3 rings (SSSR count). The van der Waals surface area contributed by atoms with Crippen LogP contribution in [0.5, 0.6) is 5.75 Å². The van der Waals surface area contributed by atoms with Gasteiger partial charge in [0.25, 0.3) is 0 Å². The first-order valence-corrected chi connectivity index (χ1v) is 8.87. The van der Waals surface area contributed by atoms with Crippen molar-refractivity contribution in [3.63, 3.8) is 0 Å². The van der Waals surface area contributed by atoms with Crippen LogP contribution in [0.3, 0.4) is 0 Å². The number of carboxylic acid groups (broad SMARTS) is 1. The van der Waals surface area contributed by atoms with Gasteiger partial charge >= 0.3 is 5.97 Å². The number of hydrogen-bond donors (Lipinski definition) is 2. The molecule has 0 atom stereocenters. The average molecular weight is 353 g/mol. The van der Waals surface area contributed by atoms with E-state index in [1.807, 2.05) is 13.0 Å². The molecule has 0 heterocycles. The summed E-state index contributed by atoms with van der Waals surface area (Å²) in [7, 11) is 0. The number of hydrogen-bond acceptors (Lipinski definition) is 3. The van der Waals surface area contributed by atoms with E-state index in [1.54, 1.807) is 18.2 Å². The molecule has 5 nitrogen and oxygen atoms in total. The molecule has 26 heavy (non-hydrogen) atoms. The number of nitrogens with one attached hydrogen (secondary N) is 1. The first-order chi connectivity index (χ1) is 12.5. The van der Waals surface area contributed by atoms with Gasteiger partial charge in [0, 0.05) is 5.69 Å². The summed E-state index contributed by atoms with van der Waals surface area (Å²) in [5.74, 6) is -0.620. The molecule has 1 aliphatic carbocycles. The van der Waals surface area contributed by atoms with Gasteiger partial charge in [0.1, 0.15) is 5.75 Å². The van der Waals surface area contributed by atoms with Gasteiger partial charge in [-0.1, -0.05) is 18.2 Å². The SMILES string of the molecule is Cc1cc(OCC(=O)O)ccc1NC(=O)Cc1ccc2c(c1)CCCC2. The number of aliphatic carboxylic acids is 1. The molecule has 0 aliphatic heterocycles. The highest BCUT2D eigenvalue weighted by atomic mass is 16.5. The number of aryl methyl sites for hydroxylation is 3. The highest BCUT2D eigenvalue weighted by Crippen LogP contribution is 2.24. The summed E-state index contributed by atoms with van der Waals surface area (Å²) in [4.78, 5) is 22.9. The topological polar surface area (TPSA) is 75.6 Å². The van der Waals surface area contributed by atoms with Gasteiger partial charge in [-0.3, -0.25) is 4.79 Å². The Balaban J connectivity index is 1.62. The zero-order chi connectivity index (χ0) is 18.5. The molecule has 136 valence electrons. The molecule has 0 bridgehead atoms. The Bertz CT molecular complexity index is 829. The summed E-state index contributed by atoms with van der Waals surface area (Å²) in [5, 5.41) is 11.6. The summed E-state index contributed by atoms with van der Waals surface area (Å²) in [6, 6.07) is 11.5. The van der Waals surface area contributed by atoms with Crippen molar-refractivity contribution in [3.05, 3.63) is 58.7 Å². The zero-order valence-corrected chi connectivity index (χ0v) is 14.9. The molecular formula is C21H23NO4. The molecule has 0 saturated heterocycles. The molecule has 2 N–H and O–H groups in total. The molecule has 1 aliphatic rings. The van der Waals surface area contributed by atoms with E-state index in [4.69, 9.17) is 9.84 Å². The third-order valence-corrected chi connectivity index (χ3v) is 4.61. The number of carbonyl (C=O) groups excluding carboxylic acids is 1. The quantitative estimate of drug-likeness (QED) is 0.833. The second-order valence-corrected chi connectivity index (χ2v) is 6.69. The van der Waals surface area contributed by atoms with Crippen molar-refractivity contribution in [2.75, 3.05) is 11.9 Å². The summed E-state index contributed by atoms with van der Waals surface area (Å²) in [5.41, 5.74) is 5.34. The van der Waals surface area contributed by atoms with Crippen molar-refractivity contribution >= 4 is 17.6 Å².